The molecule has 3 heteroatoms. The molecule has 0 aliphatic carbocycles. The van der Waals surface area contributed by atoms with Gasteiger partial charge in [-0.3, -0.25) is 4.98 Å². The predicted molar refractivity (Wildman–Crippen MR) is 75.5 cm³/mol. The van der Waals surface area contributed by atoms with E-state index < -0.39 is 0 Å². The molecule has 2 rings (SSSR count). The Bertz CT molecular complexity index is 513. The van der Waals surface area contributed by atoms with Gasteiger partial charge in [-0.25, -0.2) is 4.39 Å². The molecule has 2 atom stereocenters. The second kappa shape index (κ2) is 6.43. The Morgan fingerprint density at radius 1 is 1.21 bits per heavy atom. The average molecular weight is 258 g/mol. The van der Waals surface area contributed by atoms with Crippen molar-refractivity contribution in [2.45, 2.75) is 25.3 Å². The van der Waals surface area contributed by atoms with E-state index in [1.807, 2.05) is 25.2 Å². The molecular formula is C16H19FN2. The Morgan fingerprint density at radius 2 is 1.95 bits per heavy atom. The molecule has 1 N–H and O–H groups in total. The van der Waals surface area contributed by atoms with Gasteiger partial charge in [0.05, 0.1) is 6.20 Å². The van der Waals surface area contributed by atoms with Gasteiger partial charge in [-0.1, -0.05) is 37.3 Å². The molecule has 0 fully saturated rings. The molecule has 1 aromatic carbocycles. The summed E-state index contributed by atoms with van der Waals surface area (Å²) >= 11 is 0. The second-order valence-electron chi connectivity index (χ2n) is 4.59. The van der Waals surface area contributed by atoms with Gasteiger partial charge >= 0.3 is 0 Å². The van der Waals surface area contributed by atoms with Gasteiger partial charge in [0.15, 0.2) is 0 Å². The lowest BCUT2D eigenvalue weighted by molar-refractivity contribution is 0.446. The molecule has 2 unspecified atom stereocenters. The molecule has 0 aliphatic rings. The maximum absolute atomic E-state index is 13.9. The number of nitrogens with zero attached hydrogens (tertiary/aromatic N) is 1. The van der Waals surface area contributed by atoms with Crippen molar-refractivity contribution < 1.29 is 4.39 Å². The van der Waals surface area contributed by atoms with Crippen LogP contribution in [0.3, 0.4) is 0 Å². The molecule has 19 heavy (non-hydrogen) atoms. The number of likely N-dealkylation sites (N-methyl/N-ethyl adjacent to an activating group) is 1. The molecule has 1 heterocycles. The first kappa shape index (κ1) is 13.7. The predicted octanol–water partition coefficient (Wildman–Crippen LogP) is 3.68. The van der Waals surface area contributed by atoms with Gasteiger partial charge in [0, 0.05) is 23.7 Å². The minimum absolute atomic E-state index is 0.0459. The molecule has 0 radical (unpaired) electrons. The van der Waals surface area contributed by atoms with Gasteiger partial charge in [-0.05, 0) is 25.1 Å². The number of benzene rings is 1. The number of pyridine rings is 1. The van der Waals surface area contributed by atoms with Crippen molar-refractivity contribution in [2.75, 3.05) is 7.05 Å². The van der Waals surface area contributed by atoms with Crippen LogP contribution in [0.25, 0.3) is 0 Å². The third-order valence-corrected chi connectivity index (χ3v) is 3.52. The lowest BCUT2D eigenvalue weighted by Gasteiger charge is -2.27. The minimum atomic E-state index is -0.253. The maximum Gasteiger partial charge on any atom is 0.146 e. The van der Waals surface area contributed by atoms with Crippen molar-refractivity contribution in [3.05, 3.63) is 65.7 Å². The maximum atomic E-state index is 13.9. The monoisotopic (exact) mass is 258 g/mol. The molecule has 0 bridgehead atoms. The van der Waals surface area contributed by atoms with Gasteiger partial charge < -0.3 is 5.32 Å². The highest BCUT2D eigenvalue weighted by atomic mass is 19.1. The second-order valence-corrected chi connectivity index (χ2v) is 4.59. The Hall–Kier alpha value is -1.74. The quantitative estimate of drug-likeness (QED) is 0.885. The molecule has 100 valence electrons. The SMILES string of the molecule is CCC(c1ccccc1)C(NC)c1ccncc1F. The highest BCUT2D eigenvalue weighted by Gasteiger charge is 2.24. The van der Waals surface area contributed by atoms with E-state index >= 15 is 0 Å². The van der Waals surface area contributed by atoms with Gasteiger partial charge in [0.2, 0.25) is 0 Å². The van der Waals surface area contributed by atoms with Crippen LogP contribution in [0.1, 0.15) is 36.4 Å². The molecule has 2 aromatic rings. The fourth-order valence-electron chi connectivity index (χ4n) is 2.58. The molecule has 0 saturated carbocycles. The normalized spacial score (nSPS) is 14.1. The molecule has 2 nitrogen and oxygen atoms in total. The summed E-state index contributed by atoms with van der Waals surface area (Å²) in [7, 11) is 1.87. The fourth-order valence-corrected chi connectivity index (χ4v) is 2.58. The van der Waals surface area contributed by atoms with E-state index in [4.69, 9.17) is 0 Å². The number of nitrogens with one attached hydrogen (secondary N) is 1. The molecule has 0 spiro atoms. The van der Waals surface area contributed by atoms with Crippen molar-refractivity contribution in [2.24, 2.45) is 0 Å². The van der Waals surface area contributed by atoms with Crippen molar-refractivity contribution in [1.82, 2.24) is 10.3 Å². The standard InChI is InChI=1S/C16H19FN2/c1-3-13(12-7-5-4-6-8-12)16(18-2)14-9-10-19-11-15(14)17/h4-11,13,16,18H,3H2,1-2H3. The minimum Gasteiger partial charge on any atom is -0.312 e. The summed E-state index contributed by atoms with van der Waals surface area (Å²) in [5, 5.41) is 3.24. The topological polar surface area (TPSA) is 24.9 Å². The van der Waals surface area contributed by atoms with Crippen LogP contribution in [-0.2, 0) is 0 Å². The summed E-state index contributed by atoms with van der Waals surface area (Å²) in [5.74, 6) is -0.0145. The Balaban J connectivity index is 2.38. The van der Waals surface area contributed by atoms with E-state index in [0.29, 0.717) is 5.56 Å². The van der Waals surface area contributed by atoms with Crippen molar-refractivity contribution in [3.63, 3.8) is 0 Å². The third-order valence-electron chi connectivity index (χ3n) is 3.52. The molecule has 0 amide bonds. The summed E-state index contributed by atoms with van der Waals surface area (Å²) in [5.41, 5.74) is 1.90. The van der Waals surface area contributed by atoms with Crippen LogP contribution in [0.2, 0.25) is 0 Å². The van der Waals surface area contributed by atoms with E-state index in [1.54, 1.807) is 12.3 Å². The molecule has 1 aromatic heterocycles. The average Bonchev–Trinajstić information content (AvgIpc) is 2.46. The smallest absolute Gasteiger partial charge is 0.146 e. The van der Waals surface area contributed by atoms with Crippen LogP contribution in [0.15, 0.2) is 48.8 Å². The Kier molecular flexibility index (Phi) is 4.63. The van der Waals surface area contributed by atoms with Gasteiger partial charge in [0.1, 0.15) is 5.82 Å². The fraction of sp³-hybridized carbons (Fsp3) is 0.312. The zero-order valence-corrected chi connectivity index (χ0v) is 11.3. The summed E-state index contributed by atoms with van der Waals surface area (Å²) in [4.78, 5) is 3.82. The highest BCUT2D eigenvalue weighted by molar-refractivity contribution is 5.27. The third kappa shape index (κ3) is 2.99. The first-order valence-corrected chi connectivity index (χ1v) is 6.59. The number of hydrogen-bond acceptors (Lipinski definition) is 2. The Morgan fingerprint density at radius 3 is 2.53 bits per heavy atom. The van der Waals surface area contributed by atoms with E-state index in [2.05, 4.69) is 29.4 Å². The number of rotatable bonds is 5. The summed E-state index contributed by atoms with van der Waals surface area (Å²) < 4.78 is 13.9. The molecular weight excluding hydrogens is 239 g/mol. The molecule has 0 aliphatic heterocycles. The van der Waals surface area contributed by atoms with Crippen LogP contribution >= 0.6 is 0 Å². The first-order valence-electron chi connectivity index (χ1n) is 6.59. The van der Waals surface area contributed by atoms with Crippen molar-refractivity contribution in [1.29, 1.82) is 0 Å². The van der Waals surface area contributed by atoms with Gasteiger partial charge in [-0.2, -0.15) is 0 Å². The summed E-state index contributed by atoms with van der Waals surface area (Å²) in [6.45, 7) is 2.13. The van der Waals surface area contributed by atoms with E-state index in [1.165, 1.54) is 11.8 Å². The first-order chi connectivity index (χ1) is 9.27. The van der Waals surface area contributed by atoms with Crippen LogP contribution in [0, 0.1) is 5.82 Å². The van der Waals surface area contributed by atoms with E-state index in [0.717, 1.165) is 6.42 Å². The zero-order valence-electron chi connectivity index (χ0n) is 11.3. The van der Waals surface area contributed by atoms with Crippen molar-refractivity contribution >= 4 is 0 Å². The van der Waals surface area contributed by atoms with Crippen LogP contribution in [-0.4, -0.2) is 12.0 Å². The number of halogens is 1. The van der Waals surface area contributed by atoms with Crippen LogP contribution in [0.4, 0.5) is 4.39 Å². The van der Waals surface area contributed by atoms with Gasteiger partial charge in [0.25, 0.3) is 0 Å². The highest BCUT2D eigenvalue weighted by Crippen LogP contribution is 2.34. The lowest BCUT2D eigenvalue weighted by Crippen LogP contribution is -2.24. The number of aromatic nitrogens is 1. The lowest BCUT2D eigenvalue weighted by atomic mass is 9.85. The van der Waals surface area contributed by atoms with Crippen LogP contribution < -0.4 is 5.32 Å². The van der Waals surface area contributed by atoms with Gasteiger partial charge in [-0.15, -0.1) is 0 Å². The summed E-state index contributed by atoms with van der Waals surface area (Å²) in [6.07, 6.45) is 3.86. The zero-order chi connectivity index (χ0) is 13.7. The largest absolute Gasteiger partial charge is 0.312 e. The summed E-state index contributed by atoms with van der Waals surface area (Å²) in [6, 6.07) is 11.9. The van der Waals surface area contributed by atoms with Crippen LogP contribution in [0.5, 0.6) is 0 Å². The molecule has 0 saturated heterocycles. The Labute approximate surface area is 113 Å². The van der Waals surface area contributed by atoms with E-state index in [-0.39, 0.29) is 17.8 Å². The van der Waals surface area contributed by atoms with E-state index in [9.17, 15) is 4.39 Å². The number of hydrogen-bond donors (Lipinski definition) is 1. The van der Waals surface area contributed by atoms with Crippen molar-refractivity contribution in [3.8, 4) is 0 Å².